The largest absolute Gasteiger partial charge is 0.433 e. The molecule has 0 bridgehead atoms. The number of para-hydroxylation sites is 2. The van der Waals surface area contributed by atoms with Crippen molar-refractivity contribution >= 4 is 26.5 Å². The molecule has 7 heteroatoms. The van der Waals surface area contributed by atoms with Gasteiger partial charge in [-0.15, -0.1) is 0 Å². The van der Waals surface area contributed by atoms with E-state index in [1.165, 1.54) is 36.4 Å². The summed E-state index contributed by atoms with van der Waals surface area (Å²) < 4.78 is 56.5. The van der Waals surface area contributed by atoms with E-state index in [-0.39, 0.29) is 16.3 Å². The van der Waals surface area contributed by atoms with Crippen LogP contribution < -0.4 is 9.46 Å². The van der Waals surface area contributed by atoms with Crippen molar-refractivity contribution in [2.24, 2.45) is 0 Å². The Bertz CT molecular complexity index is 974. The summed E-state index contributed by atoms with van der Waals surface area (Å²) in [7, 11) is -3.94. The van der Waals surface area contributed by atoms with Crippen LogP contribution in [-0.4, -0.2) is 15.0 Å². The number of alkyl halides is 2. The van der Waals surface area contributed by atoms with Crippen LogP contribution in [-0.2, 0) is 10.0 Å². The van der Waals surface area contributed by atoms with Gasteiger partial charge in [0, 0.05) is 0 Å². The van der Waals surface area contributed by atoms with E-state index in [2.05, 4.69) is 9.46 Å². The SMILES string of the molecule is O=S(=O)(Nc1ccccc1OC(F)F)c1ccc2ccccc2c1. The summed E-state index contributed by atoms with van der Waals surface area (Å²) in [5, 5.41) is 1.66. The minimum Gasteiger partial charge on any atom is -0.433 e. The number of hydrogen-bond acceptors (Lipinski definition) is 3. The molecular weight excluding hydrogens is 336 g/mol. The van der Waals surface area contributed by atoms with Crippen LogP contribution in [0.5, 0.6) is 5.75 Å². The maximum Gasteiger partial charge on any atom is 0.387 e. The Hall–Kier alpha value is -2.67. The maximum atomic E-state index is 12.5. The molecule has 0 radical (unpaired) electrons. The summed E-state index contributed by atoms with van der Waals surface area (Å²) in [6, 6.07) is 17.6. The van der Waals surface area contributed by atoms with Crippen molar-refractivity contribution in [1.29, 1.82) is 0 Å². The van der Waals surface area contributed by atoms with Crippen molar-refractivity contribution in [2.75, 3.05) is 4.72 Å². The lowest BCUT2D eigenvalue weighted by Gasteiger charge is -2.13. The van der Waals surface area contributed by atoms with Crippen molar-refractivity contribution < 1.29 is 21.9 Å². The summed E-state index contributed by atoms with van der Waals surface area (Å²) in [6.07, 6.45) is 0. The van der Waals surface area contributed by atoms with Gasteiger partial charge in [0.05, 0.1) is 10.6 Å². The minimum absolute atomic E-state index is 0.0352. The highest BCUT2D eigenvalue weighted by atomic mass is 32.2. The van der Waals surface area contributed by atoms with E-state index in [4.69, 9.17) is 0 Å². The highest BCUT2D eigenvalue weighted by Gasteiger charge is 2.18. The van der Waals surface area contributed by atoms with E-state index in [0.29, 0.717) is 0 Å². The van der Waals surface area contributed by atoms with Crippen LogP contribution in [0, 0.1) is 0 Å². The third kappa shape index (κ3) is 3.46. The predicted molar refractivity (Wildman–Crippen MR) is 87.8 cm³/mol. The van der Waals surface area contributed by atoms with Crippen LogP contribution in [0.3, 0.4) is 0 Å². The van der Waals surface area contributed by atoms with Gasteiger partial charge in [-0.2, -0.15) is 8.78 Å². The van der Waals surface area contributed by atoms with E-state index in [1.54, 1.807) is 18.2 Å². The molecule has 1 N–H and O–H groups in total. The van der Waals surface area contributed by atoms with Crippen molar-refractivity contribution in [3.8, 4) is 5.75 Å². The van der Waals surface area contributed by atoms with Crippen LogP contribution >= 0.6 is 0 Å². The Labute approximate surface area is 137 Å². The Morgan fingerprint density at radius 1 is 0.875 bits per heavy atom. The average molecular weight is 349 g/mol. The Kier molecular flexibility index (Phi) is 4.35. The van der Waals surface area contributed by atoms with Gasteiger partial charge in [-0.25, -0.2) is 8.42 Å². The lowest BCUT2D eigenvalue weighted by Crippen LogP contribution is -2.14. The number of halogens is 2. The molecule has 0 amide bonds. The van der Waals surface area contributed by atoms with Gasteiger partial charge in [0.25, 0.3) is 10.0 Å². The first-order valence-electron chi connectivity index (χ1n) is 7.01. The number of rotatable bonds is 5. The highest BCUT2D eigenvalue weighted by Crippen LogP contribution is 2.28. The molecule has 3 aromatic rings. The topological polar surface area (TPSA) is 55.4 Å². The summed E-state index contributed by atoms with van der Waals surface area (Å²) >= 11 is 0. The number of anilines is 1. The van der Waals surface area contributed by atoms with Gasteiger partial charge >= 0.3 is 6.61 Å². The first-order chi connectivity index (χ1) is 11.5. The van der Waals surface area contributed by atoms with Gasteiger partial charge in [-0.3, -0.25) is 4.72 Å². The number of benzene rings is 3. The van der Waals surface area contributed by atoms with E-state index < -0.39 is 16.6 Å². The second kappa shape index (κ2) is 6.45. The van der Waals surface area contributed by atoms with Crippen LogP contribution in [0.2, 0.25) is 0 Å². The van der Waals surface area contributed by atoms with Gasteiger partial charge in [-0.05, 0) is 35.0 Å². The van der Waals surface area contributed by atoms with Gasteiger partial charge in [0.2, 0.25) is 0 Å². The van der Waals surface area contributed by atoms with Crippen LogP contribution in [0.15, 0.2) is 71.6 Å². The Morgan fingerprint density at radius 3 is 2.29 bits per heavy atom. The molecular formula is C17H13F2NO3S. The molecule has 24 heavy (non-hydrogen) atoms. The molecule has 0 saturated carbocycles. The first kappa shape index (κ1) is 16.2. The molecule has 0 spiro atoms. The third-order valence-electron chi connectivity index (χ3n) is 3.38. The summed E-state index contributed by atoms with van der Waals surface area (Å²) in [5.74, 6) is -0.239. The number of fused-ring (bicyclic) bond motifs is 1. The lowest BCUT2D eigenvalue weighted by molar-refractivity contribution is -0.0493. The number of ether oxygens (including phenoxy) is 1. The van der Waals surface area contributed by atoms with E-state index in [0.717, 1.165) is 10.8 Å². The highest BCUT2D eigenvalue weighted by molar-refractivity contribution is 7.92. The Morgan fingerprint density at radius 2 is 1.54 bits per heavy atom. The molecule has 0 aliphatic heterocycles. The monoisotopic (exact) mass is 349 g/mol. The summed E-state index contributed by atoms with van der Waals surface area (Å²) in [4.78, 5) is 0.0352. The number of sulfonamides is 1. The molecule has 0 fully saturated rings. The lowest BCUT2D eigenvalue weighted by atomic mass is 10.1. The van der Waals surface area contributed by atoms with Gasteiger partial charge < -0.3 is 4.74 Å². The standard InChI is InChI=1S/C17H13F2NO3S/c18-17(19)23-16-8-4-3-7-15(16)20-24(21,22)14-10-9-12-5-1-2-6-13(12)11-14/h1-11,17,20H. The molecule has 3 rings (SSSR count). The smallest absolute Gasteiger partial charge is 0.387 e. The molecule has 0 aliphatic carbocycles. The molecule has 0 atom stereocenters. The average Bonchev–Trinajstić information content (AvgIpc) is 2.55. The quantitative estimate of drug-likeness (QED) is 0.749. The van der Waals surface area contributed by atoms with Crippen molar-refractivity contribution in [1.82, 2.24) is 0 Å². The van der Waals surface area contributed by atoms with Crippen molar-refractivity contribution in [3.05, 3.63) is 66.7 Å². The van der Waals surface area contributed by atoms with E-state index >= 15 is 0 Å². The molecule has 0 saturated heterocycles. The van der Waals surface area contributed by atoms with Crippen molar-refractivity contribution in [2.45, 2.75) is 11.5 Å². The van der Waals surface area contributed by atoms with Gasteiger partial charge in [0.15, 0.2) is 0 Å². The fourth-order valence-corrected chi connectivity index (χ4v) is 3.39. The normalized spacial score (nSPS) is 11.6. The molecule has 0 aromatic heterocycles. The Balaban J connectivity index is 1.96. The molecule has 124 valence electrons. The van der Waals surface area contributed by atoms with Crippen LogP contribution in [0.25, 0.3) is 10.8 Å². The molecule has 0 unspecified atom stereocenters. The van der Waals surface area contributed by atoms with Gasteiger partial charge in [-0.1, -0.05) is 42.5 Å². The third-order valence-corrected chi connectivity index (χ3v) is 4.74. The summed E-state index contributed by atoms with van der Waals surface area (Å²) in [6.45, 7) is -3.05. The molecule has 0 aliphatic rings. The van der Waals surface area contributed by atoms with Crippen molar-refractivity contribution in [3.63, 3.8) is 0 Å². The van der Waals surface area contributed by atoms with E-state index in [1.807, 2.05) is 12.1 Å². The number of nitrogens with one attached hydrogen (secondary N) is 1. The predicted octanol–water partition coefficient (Wildman–Crippen LogP) is 4.24. The zero-order valence-corrected chi connectivity index (χ0v) is 13.1. The maximum absolute atomic E-state index is 12.5. The van der Waals surface area contributed by atoms with Gasteiger partial charge in [0.1, 0.15) is 5.75 Å². The van der Waals surface area contributed by atoms with Crippen LogP contribution in [0.4, 0.5) is 14.5 Å². The fourth-order valence-electron chi connectivity index (χ4n) is 2.29. The van der Waals surface area contributed by atoms with E-state index in [9.17, 15) is 17.2 Å². The zero-order chi connectivity index (χ0) is 17.2. The fraction of sp³-hybridized carbons (Fsp3) is 0.0588. The molecule has 4 nitrogen and oxygen atoms in total. The summed E-state index contributed by atoms with van der Waals surface area (Å²) in [5.41, 5.74) is -0.0500. The van der Waals surface area contributed by atoms with Crippen LogP contribution in [0.1, 0.15) is 0 Å². The number of hydrogen-bond donors (Lipinski definition) is 1. The second-order valence-electron chi connectivity index (χ2n) is 4.99. The first-order valence-corrected chi connectivity index (χ1v) is 8.49. The molecule has 3 aromatic carbocycles. The minimum atomic E-state index is -3.94. The zero-order valence-electron chi connectivity index (χ0n) is 12.3. The second-order valence-corrected chi connectivity index (χ2v) is 6.67. The molecule has 0 heterocycles.